The minimum Gasteiger partial charge on any atom is -0.347 e. The molecule has 3 aromatic rings. The second kappa shape index (κ2) is 7.53. The van der Waals surface area contributed by atoms with Crippen LogP contribution in [0.2, 0.25) is 0 Å². The normalized spacial score (nSPS) is 14.3. The van der Waals surface area contributed by atoms with Gasteiger partial charge in [0.05, 0.1) is 12.4 Å². The van der Waals surface area contributed by atoms with Crippen LogP contribution in [-0.2, 0) is 4.79 Å². The standard InChI is InChI=1S/C19H24N4O2S2/c1-11(23(5)9-14(24)22-19(2,3)4)16-20-17(25)15-12(10-27-18(15)21-16)13-7-6-8-26-13/h6-8,10-11H,9H2,1-5H3,(H,22,24)(H,20,21,25)/p+1/t11-/m1/s1. The number of aromatic amines is 1. The van der Waals surface area contributed by atoms with Crippen LogP contribution in [0.5, 0.6) is 0 Å². The van der Waals surface area contributed by atoms with Gasteiger partial charge >= 0.3 is 0 Å². The number of hydrogen-bond acceptors (Lipinski definition) is 5. The van der Waals surface area contributed by atoms with E-state index >= 15 is 0 Å². The van der Waals surface area contributed by atoms with Crippen molar-refractivity contribution in [3.8, 4) is 10.4 Å². The summed E-state index contributed by atoms with van der Waals surface area (Å²) in [6.07, 6.45) is 0. The van der Waals surface area contributed by atoms with Gasteiger partial charge in [0, 0.05) is 21.4 Å². The molecule has 144 valence electrons. The van der Waals surface area contributed by atoms with Crippen molar-refractivity contribution in [2.45, 2.75) is 39.3 Å². The maximum absolute atomic E-state index is 12.7. The lowest BCUT2D eigenvalue weighted by Crippen LogP contribution is -3.10. The van der Waals surface area contributed by atoms with Gasteiger partial charge in [0.1, 0.15) is 10.9 Å². The third-order valence-corrected chi connectivity index (χ3v) is 6.13. The topological polar surface area (TPSA) is 79.3 Å². The molecule has 3 rings (SSSR count). The van der Waals surface area contributed by atoms with Crippen LogP contribution in [0.4, 0.5) is 0 Å². The van der Waals surface area contributed by atoms with E-state index in [9.17, 15) is 9.59 Å². The zero-order valence-corrected chi connectivity index (χ0v) is 17.8. The van der Waals surface area contributed by atoms with E-state index in [0.717, 1.165) is 20.2 Å². The fourth-order valence-electron chi connectivity index (χ4n) is 2.89. The minimum atomic E-state index is -0.263. The number of aromatic nitrogens is 2. The van der Waals surface area contributed by atoms with Gasteiger partial charge in [-0.3, -0.25) is 9.59 Å². The first-order chi connectivity index (χ1) is 12.7. The van der Waals surface area contributed by atoms with Gasteiger partial charge in [0.25, 0.3) is 11.5 Å². The van der Waals surface area contributed by atoms with Gasteiger partial charge in [-0.15, -0.1) is 22.7 Å². The van der Waals surface area contributed by atoms with E-state index in [1.54, 1.807) is 11.3 Å². The molecule has 0 aliphatic rings. The molecule has 1 amide bonds. The summed E-state index contributed by atoms with van der Waals surface area (Å²) in [6.45, 7) is 8.15. The first-order valence-corrected chi connectivity index (χ1v) is 10.6. The Hall–Kier alpha value is -2.03. The molecule has 8 heteroatoms. The number of nitrogens with zero attached hydrogens (tertiary/aromatic N) is 1. The number of carbonyl (C=O) groups is 1. The monoisotopic (exact) mass is 405 g/mol. The minimum absolute atomic E-state index is 0.0219. The Balaban J connectivity index is 1.85. The smallest absolute Gasteiger partial charge is 0.275 e. The number of rotatable bonds is 5. The van der Waals surface area contributed by atoms with Crippen molar-refractivity contribution < 1.29 is 9.69 Å². The molecule has 0 fully saturated rings. The number of H-pyrrole nitrogens is 1. The highest BCUT2D eigenvalue weighted by Gasteiger charge is 2.24. The van der Waals surface area contributed by atoms with Gasteiger partial charge in [-0.1, -0.05) is 6.07 Å². The van der Waals surface area contributed by atoms with Gasteiger partial charge in [-0.25, -0.2) is 4.98 Å². The lowest BCUT2D eigenvalue weighted by Gasteiger charge is -2.24. The number of fused-ring (bicyclic) bond motifs is 1. The van der Waals surface area contributed by atoms with E-state index in [1.807, 2.05) is 57.6 Å². The summed E-state index contributed by atoms with van der Waals surface area (Å²) in [7, 11) is 1.93. The zero-order chi connectivity index (χ0) is 19.8. The summed E-state index contributed by atoms with van der Waals surface area (Å²) in [5.41, 5.74) is 0.544. The first-order valence-electron chi connectivity index (χ1n) is 8.84. The predicted molar refractivity (Wildman–Crippen MR) is 112 cm³/mol. The van der Waals surface area contributed by atoms with E-state index in [0.29, 0.717) is 17.8 Å². The van der Waals surface area contributed by atoms with Crippen molar-refractivity contribution >= 4 is 38.8 Å². The predicted octanol–water partition coefficient (Wildman–Crippen LogP) is 2.20. The van der Waals surface area contributed by atoms with E-state index in [4.69, 9.17) is 0 Å². The van der Waals surface area contributed by atoms with Crippen LogP contribution in [0.15, 0.2) is 27.7 Å². The quantitative estimate of drug-likeness (QED) is 0.609. The second-order valence-corrected chi connectivity index (χ2v) is 9.61. The van der Waals surface area contributed by atoms with Crippen LogP contribution in [0.25, 0.3) is 20.7 Å². The highest BCUT2D eigenvalue weighted by Crippen LogP contribution is 2.33. The lowest BCUT2D eigenvalue weighted by molar-refractivity contribution is -0.903. The molecule has 0 radical (unpaired) electrons. The lowest BCUT2D eigenvalue weighted by atomic mass is 10.1. The average molecular weight is 406 g/mol. The molecule has 0 aliphatic carbocycles. The van der Waals surface area contributed by atoms with E-state index in [-0.39, 0.29) is 23.0 Å². The Kier molecular flexibility index (Phi) is 5.50. The van der Waals surface area contributed by atoms with E-state index in [2.05, 4.69) is 15.3 Å². The molecule has 6 nitrogen and oxygen atoms in total. The number of amides is 1. The third kappa shape index (κ3) is 4.45. The van der Waals surface area contributed by atoms with Gasteiger partial charge in [0.2, 0.25) is 0 Å². The number of carbonyl (C=O) groups excluding carboxylic acids is 1. The van der Waals surface area contributed by atoms with E-state index in [1.165, 1.54) is 11.3 Å². The second-order valence-electron chi connectivity index (χ2n) is 7.80. The summed E-state index contributed by atoms with van der Waals surface area (Å²) < 4.78 is 0. The molecule has 0 spiro atoms. The van der Waals surface area contributed by atoms with Crippen molar-refractivity contribution in [3.05, 3.63) is 39.1 Å². The Bertz CT molecular complexity index is 999. The van der Waals surface area contributed by atoms with Crippen molar-refractivity contribution in [2.75, 3.05) is 13.6 Å². The number of nitrogens with one attached hydrogen (secondary N) is 3. The van der Waals surface area contributed by atoms with Crippen LogP contribution in [0, 0.1) is 0 Å². The molecule has 3 N–H and O–H groups in total. The maximum Gasteiger partial charge on any atom is 0.275 e. The van der Waals surface area contributed by atoms with Crippen LogP contribution in [0.3, 0.4) is 0 Å². The Morgan fingerprint density at radius 3 is 2.74 bits per heavy atom. The molecule has 0 aliphatic heterocycles. The van der Waals surface area contributed by atoms with Gasteiger partial charge in [0.15, 0.2) is 12.4 Å². The average Bonchev–Trinajstić information content (AvgIpc) is 3.20. The molecule has 1 unspecified atom stereocenters. The maximum atomic E-state index is 12.7. The third-order valence-electron chi connectivity index (χ3n) is 4.35. The molecule has 3 heterocycles. The number of thiophene rings is 2. The van der Waals surface area contributed by atoms with Crippen LogP contribution >= 0.6 is 22.7 Å². The number of hydrogen-bond donors (Lipinski definition) is 3. The van der Waals surface area contributed by atoms with Gasteiger partial charge in [-0.05, 0) is 39.1 Å². The highest BCUT2D eigenvalue weighted by molar-refractivity contribution is 7.18. The van der Waals surface area contributed by atoms with Crippen molar-refractivity contribution in [3.63, 3.8) is 0 Å². The molecule has 27 heavy (non-hydrogen) atoms. The van der Waals surface area contributed by atoms with Crippen LogP contribution in [-0.4, -0.2) is 35.0 Å². The molecule has 0 saturated heterocycles. The molecule has 3 aromatic heterocycles. The Morgan fingerprint density at radius 2 is 2.11 bits per heavy atom. The van der Waals surface area contributed by atoms with Crippen molar-refractivity contribution in [2.24, 2.45) is 0 Å². The number of quaternary nitrogens is 1. The fourth-order valence-corrected chi connectivity index (χ4v) is 4.66. The SMILES string of the molecule is C[C@H](c1nc2scc(-c3cccs3)c2c(=O)[nH]1)[NH+](C)CC(=O)NC(C)(C)C. The van der Waals surface area contributed by atoms with Crippen molar-refractivity contribution in [1.82, 2.24) is 15.3 Å². The molecule has 0 bridgehead atoms. The molecule has 0 aromatic carbocycles. The fraction of sp³-hybridized carbons (Fsp3) is 0.421. The summed E-state index contributed by atoms with van der Waals surface area (Å²) in [5, 5.41) is 7.59. The molecule has 0 saturated carbocycles. The zero-order valence-electron chi connectivity index (χ0n) is 16.2. The Labute approximate surface area is 166 Å². The summed E-state index contributed by atoms with van der Waals surface area (Å²) in [5.74, 6) is 0.583. The largest absolute Gasteiger partial charge is 0.347 e. The highest BCUT2D eigenvalue weighted by atomic mass is 32.1. The van der Waals surface area contributed by atoms with Crippen molar-refractivity contribution in [1.29, 1.82) is 0 Å². The van der Waals surface area contributed by atoms with Gasteiger partial charge < -0.3 is 15.2 Å². The van der Waals surface area contributed by atoms with Gasteiger partial charge in [-0.2, -0.15) is 0 Å². The number of likely N-dealkylation sites (N-methyl/N-ethyl adjacent to an activating group) is 1. The summed E-state index contributed by atoms with van der Waals surface area (Å²) in [4.78, 5) is 35.3. The summed E-state index contributed by atoms with van der Waals surface area (Å²) >= 11 is 3.09. The first kappa shape index (κ1) is 19.7. The molecular weight excluding hydrogens is 380 g/mol. The molecule has 2 atom stereocenters. The summed E-state index contributed by atoms with van der Waals surface area (Å²) in [6, 6.07) is 3.87. The van der Waals surface area contributed by atoms with E-state index < -0.39 is 0 Å². The van der Waals surface area contributed by atoms with Crippen LogP contribution < -0.4 is 15.8 Å². The Morgan fingerprint density at radius 1 is 1.37 bits per heavy atom. The van der Waals surface area contributed by atoms with Crippen LogP contribution in [0.1, 0.15) is 39.6 Å². The molecular formula is C19H25N4O2S2+.